The SMILES string of the molecule is CNCCC#Cc1csc(OC)n1. The van der Waals surface area contributed by atoms with Crippen molar-refractivity contribution in [3.8, 4) is 17.0 Å². The van der Waals surface area contributed by atoms with Crippen LogP contribution in [-0.4, -0.2) is 25.7 Å². The number of nitrogens with zero attached hydrogens (tertiary/aromatic N) is 1. The summed E-state index contributed by atoms with van der Waals surface area (Å²) < 4.78 is 4.95. The van der Waals surface area contributed by atoms with E-state index in [4.69, 9.17) is 4.74 Å². The molecule has 0 saturated heterocycles. The third-order valence-corrected chi connectivity index (χ3v) is 2.17. The highest BCUT2D eigenvalue weighted by Crippen LogP contribution is 2.15. The summed E-state index contributed by atoms with van der Waals surface area (Å²) in [5.41, 5.74) is 0.790. The maximum atomic E-state index is 4.95. The Labute approximate surface area is 82.1 Å². The Morgan fingerprint density at radius 3 is 3.15 bits per heavy atom. The topological polar surface area (TPSA) is 34.1 Å². The first kappa shape index (κ1) is 10.0. The summed E-state index contributed by atoms with van der Waals surface area (Å²) in [6, 6.07) is 0. The molecular formula is C9H12N2OS. The summed E-state index contributed by atoms with van der Waals surface area (Å²) in [5.74, 6) is 5.98. The van der Waals surface area contributed by atoms with Gasteiger partial charge in [0.05, 0.1) is 7.11 Å². The summed E-state index contributed by atoms with van der Waals surface area (Å²) in [5, 5.41) is 5.58. The molecule has 1 rings (SSSR count). The van der Waals surface area contributed by atoms with E-state index in [1.807, 2.05) is 12.4 Å². The van der Waals surface area contributed by atoms with Gasteiger partial charge in [0.15, 0.2) is 0 Å². The lowest BCUT2D eigenvalue weighted by atomic mass is 10.4. The van der Waals surface area contributed by atoms with Crippen molar-refractivity contribution in [2.24, 2.45) is 0 Å². The fourth-order valence-corrected chi connectivity index (χ4v) is 1.32. The van der Waals surface area contributed by atoms with E-state index < -0.39 is 0 Å². The maximum Gasteiger partial charge on any atom is 0.274 e. The van der Waals surface area contributed by atoms with Crippen molar-refractivity contribution >= 4 is 11.3 Å². The number of aromatic nitrogens is 1. The molecule has 0 fully saturated rings. The first-order valence-electron chi connectivity index (χ1n) is 4.00. The van der Waals surface area contributed by atoms with Gasteiger partial charge in [0.1, 0.15) is 5.69 Å². The van der Waals surface area contributed by atoms with Gasteiger partial charge in [-0.1, -0.05) is 17.3 Å². The predicted octanol–water partition coefficient (Wildman–Crippen LogP) is 1.11. The molecule has 0 aliphatic heterocycles. The Morgan fingerprint density at radius 2 is 2.54 bits per heavy atom. The number of hydrogen-bond acceptors (Lipinski definition) is 4. The van der Waals surface area contributed by atoms with Gasteiger partial charge in [-0.3, -0.25) is 0 Å². The van der Waals surface area contributed by atoms with Crippen molar-refractivity contribution < 1.29 is 4.74 Å². The van der Waals surface area contributed by atoms with Crippen molar-refractivity contribution in [2.45, 2.75) is 6.42 Å². The molecule has 1 aromatic rings. The van der Waals surface area contributed by atoms with Crippen molar-refractivity contribution in [2.75, 3.05) is 20.7 Å². The van der Waals surface area contributed by atoms with Crippen LogP contribution >= 0.6 is 11.3 Å². The van der Waals surface area contributed by atoms with E-state index in [1.54, 1.807) is 7.11 Å². The molecule has 1 aromatic heterocycles. The minimum Gasteiger partial charge on any atom is -0.473 e. The largest absolute Gasteiger partial charge is 0.473 e. The van der Waals surface area contributed by atoms with Crippen LogP contribution in [0.5, 0.6) is 5.19 Å². The van der Waals surface area contributed by atoms with Gasteiger partial charge in [-0.15, -0.1) is 0 Å². The number of nitrogens with one attached hydrogen (secondary N) is 1. The number of rotatable bonds is 3. The van der Waals surface area contributed by atoms with Gasteiger partial charge in [-0.25, -0.2) is 0 Å². The van der Waals surface area contributed by atoms with Gasteiger partial charge < -0.3 is 10.1 Å². The molecule has 0 spiro atoms. The number of methoxy groups -OCH3 is 1. The van der Waals surface area contributed by atoms with Gasteiger partial charge in [0.2, 0.25) is 0 Å². The van der Waals surface area contributed by atoms with Gasteiger partial charge in [-0.2, -0.15) is 4.98 Å². The molecule has 3 nitrogen and oxygen atoms in total. The number of hydrogen-bond donors (Lipinski definition) is 1. The molecule has 0 aliphatic carbocycles. The van der Waals surface area contributed by atoms with E-state index in [9.17, 15) is 0 Å². The molecule has 1 heterocycles. The van der Waals surface area contributed by atoms with Crippen molar-refractivity contribution in [1.29, 1.82) is 0 Å². The number of thiazole rings is 1. The minimum absolute atomic E-state index is 0.665. The molecule has 0 aliphatic rings. The third-order valence-electron chi connectivity index (χ3n) is 1.37. The summed E-state index contributed by atoms with van der Waals surface area (Å²) in [7, 11) is 3.52. The van der Waals surface area contributed by atoms with Crippen molar-refractivity contribution in [3.63, 3.8) is 0 Å². The van der Waals surface area contributed by atoms with Gasteiger partial charge in [0, 0.05) is 18.3 Å². The fraction of sp³-hybridized carbons (Fsp3) is 0.444. The van der Waals surface area contributed by atoms with Crippen LogP contribution < -0.4 is 10.1 Å². The second-order valence-corrected chi connectivity index (χ2v) is 3.18. The van der Waals surface area contributed by atoms with Gasteiger partial charge >= 0.3 is 0 Å². The van der Waals surface area contributed by atoms with Crippen molar-refractivity contribution in [1.82, 2.24) is 10.3 Å². The van der Waals surface area contributed by atoms with Crippen LogP contribution in [0.3, 0.4) is 0 Å². The standard InChI is InChI=1S/C9H12N2OS/c1-10-6-4-3-5-8-7-13-9(11-8)12-2/h7,10H,4,6H2,1-2H3. The maximum absolute atomic E-state index is 4.95. The highest BCUT2D eigenvalue weighted by molar-refractivity contribution is 7.11. The van der Waals surface area contributed by atoms with Crippen LogP contribution in [0.2, 0.25) is 0 Å². The molecule has 0 unspecified atom stereocenters. The normalized spacial score (nSPS) is 9.08. The first-order chi connectivity index (χ1) is 6.36. The van der Waals surface area contributed by atoms with Crippen molar-refractivity contribution in [3.05, 3.63) is 11.1 Å². The summed E-state index contributed by atoms with van der Waals surface area (Å²) in [6.07, 6.45) is 0.844. The zero-order valence-electron chi connectivity index (χ0n) is 7.76. The van der Waals surface area contributed by atoms with Crippen LogP contribution in [0.4, 0.5) is 0 Å². The Kier molecular flexibility index (Phi) is 4.30. The highest BCUT2D eigenvalue weighted by atomic mass is 32.1. The van der Waals surface area contributed by atoms with E-state index in [-0.39, 0.29) is 0 Å². The molecule has 13 heavy (non-hydrogen) atoms. The zero-order chi connectivity index (χ0) is 9.52. The second-order valence-electron chi connectivity index (χ2n) is 2.36. The van der Waals surface area contributed by atoms with Gasteiger partial charge in [-0.05, 0) is 13.0 Å². The van der Waals surface area contributed by atoms with E-state index in [1.165, 1.54) is 11.3 Å². The van der Waals surface area contributed by atoms with Crippen LogP contribution in [-0.2, 0) is 0 Å². The molecule has 0 bridgehead atoms. The zero-order valence-corrected chi connectivity index (χ0v) is 8.57. The summed E-state index contributed by atoms with van der Waals surface area (Å²) in [6.45, 7) is 0.911. The van der Waals surface area contributed by atoms with E-state index >= 15 is 0 Å². The first-order valence-corrected chi connectivity index (χ1v) is 4.87. The summed E-state index contributed by atoms with van der Waals surface area (Å²) >= 11 is 1.46. The third kappa shape index (κ3) is 3.45. The van der Waals surface area contributed by atoms with E-state index in [0.717, 1.165) is 18.7 Å². The van der Waals surface area contributed by atoms with Crippen LogP contribution in [0.15, 0.2) is 5.38 Å². The summed E-state index contributed by atoms with van der Waals surface area (Å²) in [4.78, 5) is 4.13. The van der Waals surface area contributed by atoms with Crippen LogP contribution in [0.1, 0.15) is 12.1 Å². The van der Waals surface area contributed by atoms with Crippen LogP contribution in [0.25, 0.3) is 0 Å². The molecule has 0 amide bonds. The Hall–Kier alpha value is -1.05. The lowest BCUT2D eigenvalue weighted by Crippen LogP contribution is -2.05. The quantitative estimate of drug-likeness (QED) is 0.581. The van der Waals surface area contributed by atoms with Gasteiger partial charge in [0.25, 0.3) is 5.19 Å². The van der Waals surface area contributed by atoms with E-state index in [0.29, 0.717) is 5.19 Å². The monoisotopic (exact) mass is 196 g/mol. The predicted molar refractivity (Wildman–Crippen MR) is 54.1 cm³/mol. The highest BCUT2D eigenvalue weighted by Gasteiger charge is 1.96. The second kappa shape index (κ2) is 5.57. The molecule has 0 saturated carbocycles. The number of ether oxygens (including phenoxy) is 1. The molecule has 4 heteroatoms. The molecule has 70 valence electrons. The molecule has 0 radical (unpaired) electrons. The average molecular weight is 196 g/mol. The Balaban J connectivity index is 2.46. The lowest BCUT2D eigenvalue weighted by molar-refractivity contribution is 0.411. The molecular weight excluding hydrogens is 184 g/mol. The molecule has 0 atom stereocenters. The average Bonchev–Trinajstić information content (AvgIpc) is 2.60. The van der Waals surface area contributed by atoms with E-state index in [2.05, 4.69) is 22.1 Å². The Morgan fingerprint density at radius 1 is 1.69 bits per heavy atom. The molecule has 0 aromatic carbocycles. The fourth-order valence-electron chi connectivity index (χ4n) is 0.749. The lowest BCUT2D eigenvalue weighted by Gasteiger charge is -1.87. The molecule has 1 N–H and O–H groups in total. The van der Waals surface area contributed by atoms with Crippen LogP contribution in [0, 0.1) is 11.8 Å². The Bertz CT molecular complexity index is 311. The smallest absolute Gasteiger partial charge is 0.274 e. The minimum atomic E-state index is 0.665.